The van der Waals surface area contributed by atoms with Crippen LogP contribution in [0.15, 0.2) is 0 Å². The Morgan fingerprint density at radius 2 is 2.00 bits per heavy atom. The third-order valence-corrected chi connectivity index (χ3v) is 3.24. The molecular formula is C14H22N4O2. The molecule has 6 heteroatoms. The number of amides is 1. The van der Waals surface area contributed by atoms with E-state index in [9.17, 15) is 4.79 Å². The summed E-state index contributed by atoms with van der Waals surface area (Å²) in [7, 11) is 0. The second-order valence-electron chi connectivity index (χ2n) is 6.28. The van der Waals surface area contributed by atoms with E-state index >= 15 is 0 Å². The fraction of sp³-hybridized carbons (Fsp3) is 0.643. The van der Waals surface area contributed by atoms with Crippen molar-refractivity contribution in [3.05, 3.63) is 11.4 Å². The first kappa shape index (κ1) is 14.6. The topological polar surface area (TPSA) is 90.1 Å². The lowest BCUT2D eigenvalue weighted by molar-refractivity contribution is 0.188. The lowest BCUT2D eigenvalue weighted by Crippen LogP contribution is -2.42. The summed E-state index contributed by atoms with van der Waals surface area (Å²) in [5, 5.41) is 2.70. The van der Waals surface area contributed by atoms with Crippen LogP contribution in [-0.4, -0.2) is 21.6 Å². The Morgan fingerprint density at radius 1 is 1.35 bits per heavy atom. The summed E-state index contributed by atoms with van der Waals surface area (Å²) >= 11 is 0. The van der Waals surface area contributed by atoms with Crippen LogP contribution in [0.4, 0.5) is 10.6 Å². The van der Waals surface area contributed by atoms with Gasteiger partial charge in [-0.05, 0) is 40.5 Å². The molecule has 1 fully saturated rings. The standard InChI is InChI=1S/C14H22N4O2/c1-8-12(20-13(19)18-14(2,3)4)17-11(15)10(16-8)9-6-5-7-9/h9H,5-7H2,1-4H3,(H2,15,17)(H,18,19). The lowest BCUT2D eigenvalue weighted by Gasteiger charge is -2.26. The van der Waals surface area contributed by atoms with Gasteiger partial charge in [-0.1, -0.05) is 6.42 Å². The number of hydrogen-bond acceptors (Lipinski definition) is 5. The molecule has 0 aliphatic heterocycles. The number of anilines is 1. The normalized spacial score (nSPS) is 15.6. The molecule has 0 spiro atoms. The molecule has 0 saturated heterocycles. The highest BCUT2D eigenvalue weighted by Gasteiger charge is 2.25. The Labute approximate surface area is 119 Å². The Balaban J connectivity index is 2.12. The third-order valence-electron chi connectivity index (χ3n) is 3.24. The maximum atomic E-state index is 11.7. The first-order valence-electron chi connectivity index (χ1n) is 6.90. The zero-order chi connectivity index (χ0) is 14.9. The van der Waals surface area contributed by atoms with Crippen molar-refractivity contribution in [3.63, 3.8) is 0 Å². The maximum Gasteiger partial charge on any atom is 0.414 e. The smallest absolute Gasteiger partial charge is 0.389 e. The van der Waals surface area contributed by atoms with Gasteiger partial charge in [0.1, 0.15) is 11.5 Å². The quantitative estimate of drug-likeness (QED) is 0.867. The number of aromatic nitrogens is 2. The van der Waals surface area contributed by atoms with E-state index in [0.717, 1.165) is 18.5 Å². The van der Waals surface area contributed by atoms with Crippen molar-refractivity contribution in [2.24, 2.45) is 0 Å². The summed E-state index contributed by atoms with van der Waals surface area (Å²) < 4.78 is 5.18. The molecule has 1 aliphatic rings. The predicted molar refractivity (Wildman–Crippen MR) is 76.7 cm³/mol. The maximum absolute atomic E-state index is 11.7. The van der Waals surface area contributed by atoms with Crippen LogP contribution in [0.3, 0.4) is 0 Å². The van der Waals surface area contributed by atoms with E-state index in [1.807, 2.05) is 20.8 Å². The Morgan fingerprint density at radius 3 is 2.50 bits per heavy atom. The van der Waals surface area contributed by atoms with Crippen LogP contribution < -0.4 is 15.8 Å². The SMILES string of the molecule is Cc1nc(C2CCC2)c(N)nc1OC(=O)NC(C)(C)C. The van der Waals surface area contributed by atoms with Crippen molar-refractivity contribution in [1.29, 1.82) is 0 Å². The number of aryl methyl sites for hydroxylation is 1. The van der Waals surface area contributed by atoms with Gasteiger partial charge in [-0.2, -0.15) is 4.98 Å². The van der Waals surface area contributed by atoms with Gasteiger partial charge >= 0.3 is 6.09 Å². The van der Waals surface area contributed by atoms with E-state index in [1.54, 1.807) is 6.92 Å². The molecule has 1 aliphatic carbocycles. The first-order valence-corrected chi connectivity index (χ1v) is 6.90. The second kappa shape index (κ2) is 5.26. The molecule has 1 heterocycles. The summed E-state index contributed by atoms with van der Waals surface area (Å²) in [4.78, 5) is 20.4. The van der Waals surface area contributed by atoms with Crippen molar-refractivity contribution in [1.82, 2.24) is 15.3 Å². The second-order valence-corrected chi connectivity index (χ2v) is 6.28. The van der Waals surface area contributed by atoms with Gasteiger partial charge < -0.3 is 15.8 Å². The molecule has 1 aromatic heterocycles. The summed E-state index contributed by atoms with van der Waals surface area (Å²) in [5.41, 5.74) is 6.97. The Bertz CT molecular complexity index is 519. The minimum absolute atomic E-state index is 0.173. The van der Waals surface area contributed by atoms with Gasteiger partial charge in [0, 0.05) is 11.5 Å². The van der Waals surface area contributed by atoms with Crippen molar-refractivity contribution in [2.75, 3.05) is 5.73 Å². The number of nitrogens with zero attached hydrogens (tertiary/aromatic N) is 2. The molecule has 20 heavy (non-hydrogen) atoms. The number of hydrogen-bond donors (Lipinski definition) is 2. The minimum Gasteiger partial charge on any atom is -0.389 e. The summed E-state index contributed by atoms with van der Waals surface area (Å²) in [6.07, 6.45) is 2.86. The van der Waals surface area contributed by atoms with Crippen LogP contribution in [0.2, 0.25) is 0 Å². The van der Waals surface area contributed by atoms with Gasteiger partial charge in [0.05, 0.1) is 5.69 Å². The van der Waals surface area contributed by atoms with E-state index < -0.39 is 6.09 Å². The number of rotatable bonds is 2. The van der Waals surface area contributed by atoms with Crippen LogP contribution in [0.1, 0.15) is 57.3 Å². The molecule has 0 bridgehead atoms. The molecule has 0 radical (unpaired) electrons. The number of nitrogen functional groups attached to an aromatic ring is 1. The van der Waals surface area contributed by atoms with Crippen molar-refractivity contribution in [3.8, 4) is 5.88 Å². The van der Waals surface area contributed by atoms with Crippen LogP contribution in [0.25, 0.3) is 0 Å². The van der Waals surface area contributed by atoms with Crippen molar-refractivity contribution >= 4 is 11.9 Å². The largest absolute Gasteiger partial charge is 0.414 e. The van der Waals surface area contributed by atoms with Gasteiger partial charge in [-0.25, -0.2) is 9.78 Å². The van der Waals surface area contributed by atoms with Gasteiger partial charge in [0.25, 0.3) is 0 Å². The number of carbonyl (C=O) groups excluding carboxylic acids is 1. The molecule has 3 N–H and O–H groups in total. The first-order chi connectivity index (χ1) is 9.26. The van der Waals surface area contributed by atoms with Gasteiger partial charge in [0.15, 0.2) is 0 Å². The fourth-order valence-corrected chi connectivity index (χ4v) is 2.03. The third kappa shape index (κ3) is 3.37. The highest BCUT2D eigenvalue weighted by Crippen LogP contribution is 2.38. The molecule has 2 rings (SSSR count). The molecule has 0 unspecified atom stereocenters. The molecular weight excluding hydrogens is 256 g/mol. The lowest BCUT2D eigenvalue weighted by atomic mass is 9.82. The number of nitrogens with one attached hydrogen (secondary N) is 1. The number of ether oxygens (including phenoxy) is 1. The molecule has 1 aromatic rings. The summed E-state index contributed by atoms with van der Waals surface area (Å²) in [6, 6.07) is 0. The number of carbonyl (C=O) groups is 1. The zero-order valence-electron chi connectivity index (χ0n) is 12.5. The highest BCUT2D eigenvalue weighted by molar-refractivity contribution is 5.71. The van der Waals surface area contributed by atoms with E-state index in [2.05, 4.69) is 15.3 Å². The van der Waals surface area contributed by atoms with Crippen LogP contribution in [0, 0.1) is 6.92 Å². The fourth-order valence-electron chi connectivity index (χ4n) is 2.03. The van der Waals surface area contributed by atoms with Gasteiger partial charge in [0.2, 0.25) is 5.88 Å². The molecule has 0 aromatic carbocycles. The van der Waals surface area contributed by atoms with Crippen LogP contribution in [-0.2, 0) is 0 Å². The molecule has 0 atom stereocenters. The van der Waals surface area contributed by atoms with Crippen molar-refractivity contribution < 1.29 is 9.53 Å². The summed E-state index contributed by atoms with van der Waals surface area (Å²) in [5.74, 6) is 0.935. The van der Waals surface area contributed by atoms with Crippen LogP contribution in [0.5, 0.6) is 5.88 Å². The molecule has 110 valence electrons. The summed E-state index contributed by atoms with van der Waals surface area (Å²) in [6.45, 7) is 7.40. The van der Waals surface area contributed by atoms with Gasteiger partial charge in [-0.3, -0.25) is 0 Å². The van der Waals surface area contributed by atoms with E-state index in [0.29, 0.717) is 17.4 Å². The molecule has 1 saturated carbocycles. The van der Waals surface area contributed by atoms with Gasteiger partial charge in [-0.15, -0.1) is 0 Å². The predicted octanol–water partition coefficient (Wildman–Crippen LogP) is 2.52. The molecule has 1 amide bonds. The average molecular weight is 278 g/mol. The van der Waals surface area contributed by atoms with Crippen LogP contribution >= 0.6 is 0 Å². The van der Waals surface area contributed by atoms with E-state index in [1.165, 1.54) is 6.42 Å². The number of nitrogens with two attached hydrogens (primary N) is 1. The minimum atomic E-state index is -0.550. The van der Waals surface area contributed by atoms with E-state index in [4.69, 9.17) is 10.5 Å². The average Bonchev–Trinajstić information content (AvgIpc) is 2.19. The Hall–Kier alpha value is -1.85. The highest BCUT2D eigenvalue weighted by atomic mass is 16.6. The van der Waals surface area contributed by atoms with E-state index in [-0.39, 0.29) is 11.4 Å². The molecule has 6 nitrogen and oxygen atoms in total. The monoisotopic (exact) mass is 278 g/mol. The zero-order valence-corrected chi connectivity index (χ0v) is 12.5. The van der Waals surface area contributed by atoms with Crippen molar-refractivity contribution in [2.45, 2.75) is 58.4 Å². The Kier molecular flexibility index (Phi) is 3.83.